The first-order valence-electron chi connectivity index (χ1n) is 7.09. The lowest BCUT2D eigenvalue weighted by atomic mass is 10.2. The van der Waals surface area contributed by atoms with E-state index in [0.29, 0.717) is 10.3 Å². The zero-order valence-corrected chi connectivity index (χ0v) is 14.2. The molecule has 0 aliphatic rings. The summed E-state index contributed by atoms with van der Waals surface area (Å²) >= 11 is 3.19. The average Bonchev–Trinajstić information content (AvgIpc) is 3.08. The van der Waals surface area contributed by atoms with Crippen molar-refractivity contribution in [1.29, 1.82) is 0 Å². The highest BCUT2D eigenvalue weighted by Crippen LogP contribution is 2.24. The van der Waals surface area contributed by atoms with E-state index in [0.717, 1.165) is 11.6 Å². The Hall–Kier alpha value is -2.54. The molecule has 1 atom stereocenters. The molecular weight excluding hydrogens is 379 g/mol. The van der Waals surface area contributed by atoms with Crippen LogP contribution < -0.4 is 0 Å². The minimum Gasteiger partial charge on any atom is -0.449 e. The van der Waals surface area contributed by atoms with Crippen molar-refractivity contribution >= 4 is 21.9 Å². The Labute approximate surface area is 145 Å². The Balaban J connectivity index is 1.75. The fraction of sp³-hybridized carbons (Fsp3) is 0.118. The number of nitrogens with zero attached hydrogens (tertiary/aromatic N) is 2. The van der Waals surface area contributed by atoms with Gasteiger partial charge in [0.1, 0.15) is 5.82 Å². The molecule has 5 nitrogen and oxygen atoms in total. The third-order valence-corrected chi connectivity index (χ3v) is 3.95. The van der Waals surface area contributed by atoms with Crippen LogP contribution in [-0.4, -0.2) is 16.1 Å². The fourth-order valence-electron chi connectivity index (χ4n) is 2.03. The monoisotopic (exact) mass is 390 g/mol. The SMILES string of the molecule is C[C@@H](OC(=O)c1cc(F)ccc1Br)c1nc(-c2ccccc2)no1. The van der Waals surface area contributed by atoms with Crippen LogP contribution in [0.2, 0.25) is 0 Å². The van der Waals surface area contributed by atoms with Crippen molar-refractivity contribution in [2.75, 3.05) is 0 Å². The second-order valence-electron chi connectivity index (χ2n) is 4.99. The van der Waals surface area contributed by atoms with Gasteiger partial charge in [0, 0.05) is 10.0 Å². The molecule has 0 radical (unpaired) electrons. The topological polar surface area (TPSA) is 65.2 Å². The zero-order valence-electron chi connectivity index (χ0n) is 12.6. The van der Waals surface area contributed by atoms with Crippen LogP contribution >= 0.6 is 15.9 Å². The van der Waals surface area contributed by atoms with Crippen LogP contribution in [0.3, 0.4) is 0 Å². The predicted octanol–water partition coefficient (Wildman–Crippen LogP) is 4.56. The van der Waals surface area contributed by atoms with Crippen molar-refractivity contribution < 1.29 is 18.4 Å². The summed E-state index contributed by atoms with van der Waals surface area (Å²) in [5, 5.41) is 3.87. The molecule has 0 unspecified atom stereocenters. The van der Waals surface area contributed by atoms with Crippen molar-refractivity contribution in [1.82, 2.24) is 10.1 Å². The van der Waals surface area contributed by atoms with Crippen LogP contribution in [0.15, 0.2) is 57.5 Å². The van der Waals surface area contributed by atoms with E-state index in [1.807, 2.05) is 30.3 Å². The van der Waals surface area contributed by atoms with E-state index in [2.05, 4.69) is 26.1 Å². The number of carbonyl (C=O) groups is 1. The van der Waals surface area contributed by atoms with Crippen LogP contribution in [0, 0.1) is 5.82 Å². The standard InChI is InChI=1S/C17H12BrFN2O3/c1-10(23-17(22)13-9-12(19)7-8-14(13)18)16-20-15(21-24-16)11-5-3-2-4-6-11/h2-10H,1H3/t10-/m1/s1. The van der Waals surface area contributed by atoms with Crippen molar-refractivity contribution in [3.63, 3.8) is 0 Å². The van der Waals surface area contributed by atoms with Gasteiger partial charge in [-0.15, -0.1) is 0 Å². The van der Waals surface area contributed by atoms with Crippen molar-refractivity contribution in [3.8, 4) is 11.4 Å². The second kappa shape index (κ2) is 6.92. The number of hydrogen-bond acceptors (Lipinski definition) is 5. The normalized spacial score (nSPS) is 12.0. The molecule has 0 fully saturated rings. The number of aromatic nitrogens is 2. The number of rotatable bonds is 4. The van der Waals surface area contributed by atoms with Crippen LogP contribution in [0.4, 0.5) is 4.39 Å². The molecule has 0 aliphatic carbocycles. The predicted molar refractivity (Wildman–Crippen MR) is 87.7 cm³/mol. The summed E-state index contributed by atoms with van der Waals surface area (Å²) in [7, 11) is 0. The van der Waals surface area contributed by atoms with Gasteiger partial charge in [-0.2, -0.15) is 4.98 Å². The molecule has 24 heavy (non-hydrogen) atoms. The van der Waals surface area contributed by atoms with Gasteiger partial charge in [0.25, 0.3) is 5.89 Å². The van der Waals surface area contributed by atoms with Crippen LogP contribution in [0.5, 0.6) is 0 Å². The zero-order chi connectivity index (χ0) is 17.1. The third-order valence-electron chi connectivity index (χ3n) is 3.25. The molecule has 0 spiro atoms. The number of carbonyl (C=O) groups excluding carboxylic acids is 1. The molecule has 0 bridgehead atoms. The summed E-state index contributed by atoms with van der Waals surface area (Å²) in [5.41, 5.74) is 0.878. The van der Waals surface area contributed by atoms with E-state index in [1.54, 1.807) is 6.92 Å². The maximum atomic E-state index is 13.3. The smallest absolute Gasteiger partial charge is 0.340 e. The second-order valence-corrected chi connectivity index (χ2v) is 5.85. The maximum absolute atomic E-state index is 13.3. The van der Waals surface area contributed by atoms with Gasteiger partial charge in [-0.3, -0.25) is 0 Å². The van der Waals surface area contributed by atoms with Crippen LogP contribution in [0.25, 0.3) is 11.4 Å². The molecule has 0 aliphatic heterocycles. The first kappa shape index (κ1) is 16.3. The number of halogens is 2. The largest absolute Gasteiger partial charge is 0.449 e. The summed E-state index contributed by atoms with van der Waals surface area (Å²) in [5.74, 6) is -0.648. The Bertz CT molecular complexity index is 867. The quantitative estimate of drug-likeness (QED) is 0.611. The summed E-state index contributed by atoms with van der Waals surface area (Å²) in [6.45, 7) is 1.60. The maximum Gasteiger partial charge on any atom is 0.340 e. The lowest BCUT2D eigenvalue weighted by Crippen LogP contribution is -2.10. The van der Waals surface area contributed by atoms with Crippen LogP contribution in [0.1, 0.15) is 29.3 Å². The van der Waals surface area contributed by atoms with Gasteiger partial charge in [0.2, 0.25) is 5.82 Å². The summed E-state index contributed by atoms with van der Waals surface area (Å²) < 4.78 is 24.2. The van der Waals surface area contributed by atoms with E-state index in [4.69, 9.17) is 9.26 Å². The molecule has 1 heterocycles. The van der Waals surface area contributed by atoms with E-state index in [-0.39, 0.29) is 11.5 Å². The lowest BCUT2D eigenvalue weighted by Gasteiger charge is -2.10. The Morgan fingerprint density at radius 2 is 2.00 bits per heavy atom. The minimum absolute atomic E-state index is 0.0876. The highest BCUT2D eigenvalue weighted by molar-refractivity contribution is 9.10. The van der Waals surface area contributed by atoms with Gasteiger partial charge in [0.05, 0.1) is 5.56 Å². The number of esters is 1. The number of ether oxygens (including phenoxy) is 1. The van der Waals surface area contributed by atoms with E-state index < -0.39 is 17.9 Å². The van der Waals surface area contributed by atoms with Gasteiger partial charge in [-0.25, -0.2) is 9.18 Å². The lowest BCUT2D eigenvalue weighted by molar-refractivity contribution is 0.0264. The molecule has 0 N–H and O–H groups in total. The first-order valence-corrected chi connectivity index (χ1v) is 7.89. The molecule has 0 amide bonds. The Morgan fingerprint density at radius 1 is 1.25 bits per heavy atom. The summed E-state index contributed by atoms with van der Waals surface area (Å²) in [6, 6.07) is 13.1. The third kappa shape index (κ3) is 3.51. The Morgan fingerprint density at radius 3 is 2.75 bits per heavy atom. The van der Waals surface area contributed by atoms with Gasteiger partial charge in [-0.1, -0.05) is 35.5 Å². The molecule has 0 saturated carbocycles. The number of benzene rings is 2. The fourth-order valence-corrected chi connectivity index (χ4v) is 2.44. The van der Waals surface area contributed by atoms with E-state index in [1.165, 1.54) is 12.1 Å². The summed E-state index contributed by atoms with van der Waals surface area (Å²) in [6.07, 6.45) is -0.766. The molecule has 122 valence electrons. The highest BCUT2D eigenvalue weighted by Gasteiger charge is 2.21. The first-order chi connectivity index (χ1) is 11.5. The molecule has 3 aromatic rings. The molecule has 0 saturated heterocycles. The van der Waals surface area contributed by atoms with E-state index >= 15 is 0 Å². The molecule has 3 rings (SSSR count). The molecule has 7 heteroatoms. The van der Waals surface area contributed by atoms with Gasteiger partial charge in [-0.05, 0) is 41.1 Å². The van der Waals surface area contributed by atoms with Crippen molar-refractivity contribution in [2.45, 2.75) is 13.0 Å². The number of hydrogen-bond donors (Lipinski definition) is 0. The van der Waals surface area contributed by atoms with Gasteiger partial charge < -0.3 is 9.26 Å². The van der Waals surface area contributed by atoms with Crippen molar-refractivity contribution in [3.05, 3.63) is 70.3 Å². The van der Waals surface area contributed by atoms with Gasteiger partial charge in [0.15, 0.2) is 6.10 Å². The van der Waals surface area contributed by atoms with E-state index in [9.17, 15) is 9.18 Å². The van der Waals surface area contributed by atoms with Crippen molar-refractivity contribution in [2.24, 2.45) is 0 Å². The van der Waals surface area contributed by atoms with Crippen LogP contribution in [-0.2, 0) is 4.74 Å². The minimum atomic E-state index is -0.766. The summed E-state index contributed by atoms with van der Waals surface area (Å²) in [4.78, 5) is 16.4. The van der Waals surface area contributed by atoms with Gasteiger partial charge >= 0.3 is 5.97 Å². The highest BCUT2D eigenvalue weighted by atomic mass is 79.9. The molecule has 1 aromatic heterocycles. The Kier molecular flexibility index (Phi) is 4.71. The average molecular weight is 391 g/mol. The molecule has 2 aromatic carbocycles. The molecular formula is C17H12BrFN2O3.